The summed E-state index contributed by atoms with van der Waals surface area (Å²) in [6.45, 7) is 0.0725. The second kappa shape index (κ2) is 7.14. The second-order valence-corrected chi connectivity index (χ2v) is 5.74. The van der Waals surface area contributed by atoms with Crippen LogP contribution in [0.2, 0.25) is 0 Å². The van der Waals surface area contributed by atoms with Gasteiger partial charge in [-0.3, -0.25) is 4.79 Å². The van der Waals surface area contributed by atoms with Crippen molar-refractivity contribution in [2.75, 3.05) is 6.61 Å². The fourth-order valence-corrected chi connectivity index (χ4v) is 2.52. The lowest BCUT2D eigenvalue weighted by atomic mass is 10.2. The Balaban J connectivity index is 1.67. The molecule has 0 bridgehead atoms. The molecule has 0 saturated heterocycles. The predicted molar refractivity (Wildman–Crippen MR) is 86.6 cm³/mol. The van der Waals surface area contributed by atoms with Gasteiger partial charge in [-0.25, -0.2) is 4.39 Å². The van der Waals surface area contributed by atoms with Crippen molar-refractivity contribution in [2.24, 2.45) is 0 Å². The molecule has 1 fully saturated rings. The van der Waals surface area contributed by atoms with Crippen molar-refractivity contribution in [3.8, 4) is 11.8 Å². The molecule has 0 atom stereocenters. The van der Waals surface area contributed by atoms with Crippen molar-refractivity contribution in [3.05, 3.63) is 65.5 Å². The summed E-state index contributed by atoms with van der Waals surface area (Å²) in [6.07, 6.45) is 1.85. The summed E-state index contributed by atoms with van der Waals surface area (Å²) in [5.41, 5.74) is 0.882. The normalized spacial score (nSPS) is 13.2. The Morgan fingerprint density at radius 1 is 1.21 bits per heavy atom. The molecule has 0 spiro atoms. The molecule has 1 amide bonds. The van der Waals surface area contributed by atoms with Crippen LogP contribution in [0.5, 0.6) is 5.75 Å². The van der Waals surface area contributed by atoms with Gasteiger partial charge >= 0.3 is 0 Å². The summed E-state index contributed by atoms with van der Waals surface area (Å²) in [6, 6.07) is 15.4. The Hall–Kier alpha value is -2.87. The molecule has 1 aliphatic rings. The van der Waals surface area contributed by atoms with E-state index in [-0.39, 0.29) is 30.9 Å². The highest BCUT2D eigenvalue weighted by Gasteiger charge is 2.33. The molecule has 0 radical (unpaired) electrons. The summed E-state index contributed by atoms with van der Waals surface area (Å²) in [5.74, 6) is -0.129. The summed E-state index contributed by atoms with van der Waals surface area (Å²) >= 11 is 0. The maximum absolute atomic E-state index is 13.8. The molecular formula is C19H17FN2O2. The Morgan fingerprint density at radius 3 is 2.62 bits per heavy atom. The fraction of sp³-hybridized carbons (Fsp3) is 0.263. The number of amides is 1. The van der Waals surface area contributed by atoms with Gasteiger partial charge < -0.3 is 9.64 Å². The highest BCUT2D eigenvalue weighted by Crippen LogP contribution is 2.29. The van der Waals surface area contributed by atoms with Gasteiger partial charge in [0.15, 0.2) is 6.61 Å². The van der Waals surface area contributed by atoms with Gasteiger partial charge in [0.2, 0.25) is 0 Å². The number of para-hydroxylation sites is 1. The van der Waals surface area contributed by atoms with Crippen molar-refractivity contribution in [3.63, 3.8) is 0 Å². The van der Waals surface area contributed by atoms with E-state index >= 15 is 0 Å². The average Bonchev–Trinajstić information content (AvgIpc) is 3.44. The number of ether oxygens (including phenoxy) is 1. The van der Waals surface area contributed by atoms with Crippen LogP contribution in [0.25, 0.3) is 0 Å². The lowest BCUT2D eigenvalue weighted by Gasteiger charge is -2.23. The SMILES string of the molecule is N#Cc1ccccc1OCC(=O)N(Cc1ccccc1F)C1CC1. The number of nitrogens with zero attached hydrogens (tertiary/aromatic N) is 2. The van der Waals surface area contributed by atoms with Crippen molar-refractivity contribution in [1.29, 1.82) is 5.26 Å². The van der Waals surface area contributed by atoms with Crippen molar-refractivity contribution in [1.82, 2.24) is 4.90 Å². The molecule has 3 rings (SSSR count). The van der Waals surface area contributed by atoms with Crippen LogP contribution in [0.15, 0.2) is 48.5 Å². The lowest BCUT2D eigenvalue weighted by Crippen LogP contribution is -2.36. The molecule has 122 valence electrons. The van der Waals surface area contributed by atoms with Gasteiger partial charge in [0.1, 0.15) is 17.6 Å². The maximum Gasteiger partial charge on any atom is 0.261 e. The Kier molecular flexibility index (Phi) is 4.76. The smallest absolute Gasteiger partial charge is 0.261 e. The molecular weight excluding hydrogens is 307 g/mol. The van der Waals surface area contributed by atoms with Gasteiger partial charge in [0.25, 0.3) is 5.91 Å². The molecule has 1 saturated carbocycles. The van der Waals surface area contributed by atoms with Gasteiger partial charge in [0.05, 0.1) is 5.56 Å². The molecule has 0 N–H and O–H groups in total. The highest BCUT2D eigenvalue weighted by molar-refractivity contribution is 5.78. The first-order valence-electron chi connectivity index (χ1n) is 7.84. The summed E-state index contributed by atoms with van der Waals surface area (Å²) < 4.78 is 19.4. The largest absolute Gasteiger partial charge is 0.482 e. The van der Waals surface area contributed by atoms with Crippen molar-refractivity contribution < 1.29 is 13.9 Å². The first-order valence-corrected chi connectivity index (χ1v) is 7.84. The molecule has 1 aliphatic carbocycles. The average molecular weight is 324 g/mol. The van der Waals surface area contributed by atoms with Gasteiger partial charge in [-0.2, -0.15) is 5.26 Å². The monoisotopic (exact) mass is 324 g/mol. The van der Waals surface area contributed by atoms with Crippen LogP contribution < -0.4 is 4.74 Å². The number of hydrogen-bond acceptors (Lipinski definition) is 3. The number of nitriles is 1. The quantitative estimate of drug-likeness (QED) is 0.819. The van der Waals surface area contributed by atoms with Crippen LogP contribution in [0.4, 0.5) is 4.39 Å². The summed E-state index contributed by atoms with van der Waals surface area (Å²) in [5, 5.41) is 9.05. The first-order chi connectivity index (χ1) is 11.7. The molecule has 2 aromatic rings. The Morgan fingerprint density at radius 2 is 1.92 bits per heavy atom. The minimum Gasteiger partial charge on any atom is -0.482 e. The molecule has 0 aliphatic heterocycles. The summed E-state index contributed by atoms with van der Waals surface area (Å²) in [4.78, 5) is 14.2. The number of benzene rings is 2. The van der Waals surface area contributed by atoms with Gasteiger partial charge in [-0.1, -0.05) is 30.3 Å². The number of hydrogen-bond donors (Lipinski definition) is 0. The number of carbonyl (C=O) groups is 1. The van der Waals surface area contributed by atoms with Crippen LogP contribution in [0.1, 0.15) is 24.0 Å². The molecule has 0 aromatic heterocycles. The third kappa shape index (κ3) is 3.72. The van der Waals surface area contributed by atoms with E-state index < -0.39 is 0 Å². The molecule has 0 heterocycles. The Labute approximate surface area is 140 Å². The zero-order valence-corrected chi connectivity index (χ0v) is 13.1. The standard InChI is InChI=1S/C19H17FN2O2/c20-17-7-3-1-6-15(17)12-22(16-9-10-16)19(23)13-24-18-8-4-2-5-14(18)11-21/h1-8,16H,9-10,12-13H2. The van der Waals surface area contributed by atoms with Crippen molar-refractivity contribution in [2.45, 2.75) is 25.4 Å². The minimum absolute atomic E-state index is 0.145. The third-order valence-electron chi connectivity index (χ3n) is 3.97. The molecule has 0 unspecified atom stereocenters. The van der Waals surface area contributed by atoms with E-state index in [9.17, 15) is 9.18 Å². The third-order valence-corrected chi connectivity index (χ3v) is 3.97. The zero-order chi connectivity index (χ0) is 16.9. The molecule has 5 heteroatoms. The van der Waals surface area contributed by atoms with E-state index in [2.05, 4.69) is 0 Å². The second-order valence-electron chi connectivity index (χ2n) is 5.74. The van der Waals surface area contributed by atoms with E-state index in [0.717, 1.165) is 12.8 Å². The Bertz CT molecular complexity index is 781. The molecule has 24 heavy (non-hydrogen) atoms. The van der Waals surface area contributed by atoms with E-state index in [1.165, 1.54) is 6.07 Å². The van der Waals surface area contributed by atoms with Crippen LogP contribution in [0.3, 0.4) is 0 Å². The lowest BCUT2D eigenvalue weighted by molar-refractivity contribution is -0.134. The van der Waals surface area contributed by atoms with E-state index in [1.807, 2.05) is 6.07 Å². The van der Waals surface area contributed by atoms with E-state index in [4.69, 9.17) is 10.00 Å². The zero-order valence-electron chi connectivity index (χ0n) is 13.1. The van der Waals surface area contributed by atoms with Crippen LogP contribution in [0, 0.1) is 17.1 Å². The highest BCUT2D eigenvalue weighted by atomic mass is 19.1. The van der Waals surface area contributed by atoms with Crippen LogP contribution >= 0.6 is 0 Å². The predicted octanol–water partition coefficient (Wildman–Crippen LogP) is 3.27. The number of carbonyl (C=O) groups excluding carboxylic acids is 1. The number of rotatable bonds is 6. The fourth-order valence-electron chi connectivity index (χ4n) is 2.52. The number of halogens is 1. The summed E-state index contributed by atoms with van der Waals surface area (Å²) in [7, 11) is 0. The van der Waals surface area contributed by atoms with Gasteiger partial charge in [-0.05, 0) is 31.0 Å². The molecule has 4 nitrogen and oxygen atoms in total. The van der Waals surface area contributed by atoms with E-state index in [0.29, 0.717) is 16.9 Å². The minimum atomic E-state index is -0.313. The molecule has 2 aromatic carbocycles. The van der Waals surface area contributed by atoms with Crippen molar-refractivity contribution >= 4 is 5.91 Å². The van der Waals surface area contributed by atoms with Crippen LogP contribution in [-0.2, 0) is 11.3 Å². The van der Waals surface area contributed by atoms with Gasteiger partial charge in [0, 0.05) is 18.2 Å². The van der Waals surface area contributed by atoms with E-state index in [1.54, 1.807) is 47.4 Å². The maximum atomic E-state index is 13.8. The van der Waals surface area contributed by atoms with Crippen LogP contribution in [-0.4, -0.2) is 23.5 Å². The van der Waals surface area contributed by atoms with Gasteiger partial charge in [-0.15, -0.1) is 0 Å². The topological polar surface area (TPSA) is 53.3 Å². The first kappa shape index (κ1) is 16.0.